The highest BCUT2D eigenvalue weighted by Crippen LogP contribution is 2.43. The van der Waals surface area contributed by atoms with Gasteiger partial charge in [-0.15, -0.1) is 0 Å². The maximum Gasteiger partial charge on any atom is 0.243 e. The van der Waals surface area contributed by atoms with Crippen LogP contribution >= 0.6 is 0 Å². The summed E-state index contributed by atoms with van der Waals surface area (Å²) in [6, 6.07) is 1.99. The van der Waals surface area contributed by atoms with Crippen LogP contribution < -0.4 is 10.5 Å². The Kier molecular flexibility index (Phi) is 4.65. The molecule has 0 spiro atoms. The molecular formula is C14H20F2N2O2S. The van der Waals surface area contributed by atoms with Crippen LogP contribution in [0, 0.1) is 17.0 Å². The van der Waals surface area contributed by atoms with Crippen LogP contribution in [-0.2, 0) is 16.6 Å². The molecule has 4 nitrogen and oxygen atoms in total. The molecule has 0 bridgehead atoms. The molecule has 1 aromatic rings. The van der Waals surface area contributed by atoms with E-state index in [1.165, 1.54) is 0 Å². The molecule has 0 aliphatic heterocycles. The maximum absolute atomic E-state index is 13.8. The monoisotopic (exact) mass is 318 g/mol. The van der Waals surface area contributed by atoms with Crippen molar-refractivity contribution in [1.29, 1.82) is 0 Å². The van der Waals surface area contributed by atoms with Gasteiger partial charge in [-0.3, -0.25) is 0 Å². The third kappa shape index (κ3) is 3.25. The van der Waals surface area contributed by atoms with Crippen LogP contribution in [0.2, 0.25) is 0 Å². The van der Waals surface area contributed by atoms with Crippen LogP contribution in [0.4, 0.5) is 8.78 Å². The summed E-state index contributed by atoms with van der Waals surface area (Å²) in [4.78, 5) is -0.673. The summed E-state index contributed by atoms with van der Waals surface area (Å²) in [5, 5.41) is 0. The van der Waals surface area contributed by atoms with Gasteiger partial charge in [-0.05, 0) is 42.4 Å². The Morgan fingerprint density at radius 2 is 2.00 bits per heavy atom. The predicted octanol–water partition coefficient (Wildman–Crippen LogP) is 2.28. The first-order chi connectivity index (χ1) is 9.83. The molecule has 0 heterocycles. The Hall–Kier alpha value is -1.05. The number of benzene rings is 1. The van der Waals surface area contributed by atoms with Crippen LogP contribution in [-0.4, -0.2) is 15.0 Å². The van der Waals surface area contributed by atoms with Gasteiger partial charge in [0.05, 0.1) is 0 Å². The molecule has 1 aromatic carbocycles. The van der Waals surface area contributed by atoms with E-state index in [1.54, 1.807) is 0 Å². The van der Waals surface area contributed by atoms with Gasteiger partial charge in [-0.25, -0.2) is 21.9 Å². The van der Waals surface area contributed by atoms with Crippen molar-refractivity contribution >= 4 is 10.0 Å². The summed E-state index contributed by atoms with van der Waals surface area (Å²) in [7, 11) is -4.09. The second-order valence-electron chi connectivity index (χ2n) is 5.63. The average Bonchev–Trinajstić information content (AvgIpc) is 2.40. The number of nitrogens with two attached hydrogens (primary N) is 1. The van der Waals surface area contributed by atoms with Gasteiger partial charge < -0.3 is 5.73 Å². The Labute approximate surface area is 123 Å². The smallest absolute Gasteiger partial charge is 0.243 e. The van der Waals surface area contributed by atoms with E-state index in [-0.39, 0.29) is 24.1 Å². The van der Waals surface area contributed by atoms with E-state index < -0.39 is 26.6 Å². The SMILES string of the molecule is CCC1(CNS(=O)(=O)c2cc(CN)cc(F)c2F)CCC1. The van der Waals surface area contributed by atoms with Crippen LogP contribution in [0.5, 0.6) is 0 Å². The highest BCUT2D eigenvalue weighted by Gasteiger charge is 2.36. The van der Waals surface area contributed by atoms with Gasteiger partial charge >= 0.3 is 0 Å². The molecule has 7 heteroatoms. The number of nitrogens with one attached hydrogen (secondary N) is 1. The van der Waals surface area contributed by atoms with Gasteiger partial charge in [0.25, 0.3) is 0 Å². The van der Waals surface area contributed by atoms with Gasteiger partial charge in [0.2, 0.25) is 10.0 Å². The fraction of sp³-hybridized carbons (Fsp3) is 0.571. The van der Waals surface area contributed by atoms with Crippen molar-refractivity contribution < 1.29 is 17.2 Å². The molecule has 1 fully saturated rings. The predicted molar refractivity (Wildman–Crippen MR) is 76.0 cm³/mol. The number of halogens is 2. The summed E-state index contributed by atoms with van der Waals surface area (Å²) in [5.74, 6) is -2.56. The standard InChI is InChI=1S/C14H20F2N2O2S/c1-2-14(4-3-5-14)9-18-21(19,20)12-7-10(8-17)6-11(15)13(12)16/h6-7,18H,2-5,8-9,17H2,1H3. The molecule has 1 saturated carbocycles. The minimum atomic E-state index is -4.09. The summed E-state index contributed by atoms with van der Waals surface area (Å²) in [5.41, 5.74) is 5.56. The topological polar surface area (TPSA) is 72.2 Å². The van der Waals surface area contributed by atoms with E-state index in [9.17, 15) is 17.2 Å². The van der Waals surface area contributed by atoms with Gasteiger partial charge in [0.15, 0.2) is 11.6 Å². The first-order valence-electron chi connectivity index (χ1n) is 7.01. The van der Waals surface area contributed by atoms with Crippen LogP contribution in [0.1, 0.15) is 38.2 Å². The first kappa shape index (κ1) is 16.3. The summed E-state index contributed by atoms with van der Waals surface area (Å²) in [6.07, 6.45) is 3.83. The molecule has 2 rings (SSSR count). The Balaban J connectivity index is 2.25. The lowest BCUT2D eigenvalue weighted by molar-refractivity contribution is 0.133. The number of hydrogen-bond donors (Lipinski definition) is 2. The van der Waals surface area contributed by atoms with E-state index in [1.807, 2.05) is 6.92 Å². The third-order valence-electron chi connectivity index (χ3n) is 4.38. The van der Waals surface area contributed by atoms with Gasteiger partial charge in [0, 0.05) is 13.1 Å². The van der Waals surface area contributed by atoms with Crippen LogP contribution in [0.3, 0.4) is 0 Å². The van der Waals surface area contributed by atoms with E-state index >= 15 is 0 Å². The highest BCUT2D eigenvalue weighted by molar-refractivity contribution is 7.89. The zero-order chi connectivity index (χ0) is 15.7. The van der Waals surface area contributed by atoms with Crippen molar-refractivity contribution in [3.63, 3.8) is 0 Å². The second-order valence-corrected chi connectivity index (χ2v) is 7.36. The molecule has 1 aliphatic rings. The van der Waals surface area contributed by atoms with Crippen molar-refractivity contribution in [2.24, 2.45) is 11.1 Å². The lowest BCUT2D eigenvalue weighted by Crippen LogP contribution is -2.41. The number of sulfonamides is 1. The molecule has 118 valence electrons. The average molecular weight is 318 g/mol. The highest BCUT2D eigenvalue weighted by atomic mass is 32.2. The minimum absolute atomic E-state index is 0.0480. The van der Waals surface area contributed by atoms with E-state index in [0.717, 1.165) is 37.8 Å². The Bertz CT molecular complexity index is 623. The summed E-state index contributed by atoms with van der Waals surface area (Å²) in [6.45, 7) is 2.20. The molecule has 0 atom stereocenters. The largest absolute Gasteiger partial charge is 0.326 e. The van der Waals surface area contributed by atoms with Crippen molar-refractivity contribution in [2.75, 3.05) is 6.54 Å². The number of rotatable bonds is 6. The van der Waals surface area contributed by atoms with Crippen LogP contribution in [0.15, 0.2) is 17.0 Å². The van der Waals surface area contributed by atoms with Crippen molar-refractivity contribution in [1.82, 2.24) is 4.72 Å². The molecule has 3 N–H and O–H groups in total. The minimum Gasteiger partial charge on any atom is -0.326 e. The lowest BCUT2D eigenvalue weighted by Gasteiger charge is -2.41. The van der Waals surface area contributed by atoms with Crippen molar-refractivity contribution in [3.8, 4) is 0 Å². The summed E-state index contributed by atoms with van der Waals surface area (Å²) >= 11 is 0. The molecular weight excluding hydrogens is 298 g/mol. The number of hydrogen-bond acceptors (Lipinski definition) is 3. The molecule has 0 saturated heterocycles. The van der Waals surface area contributed by atoms with Crippen molar-refractivity contribution in [2.45, 2.75) is 44.0 Å². The zero-order valence-electron chi connectivity index (χ0n) is 12.0. The fourth-order valence-corrected chi connectivity index (χ4v) is 3.88. The third-order valence-corrected chi connectivity index (χ3v) is 5.78. The molecule has 0 amide bonds. The lowest BCUT2D eigenvalue weighted by atomic mass is 9.67. The Morgan fingerprint density at radius 3 is 2.48 bits per heavy atom. The molecule has 0 radical (unpaired) electrons. The van der Waals surface area contributed by atoms with E-state index in [4.69, 9.17) is 5.73 Å². The molecule has 0 unspecified atom stereocenters. The van der Waals surface area contributed by atoms with Gasteiger partial charge in [-0.1, -0.05) is 13.3 Å². The zero-order valence-corrected chi connectivity index (χ0v) is 12.8. The Morgan fingerprint density at radius 1 is 1.33 bits per heavy atom. The first-order valence-corrected chi connectivity index (χ1v) is 8.49. The molecule has 0 aromatic heterocycles. The molecule has 21 heavy (non-hydrogen) atoms. The quantitative estimate of drug-likeness (QED) is 0.845. The normalized spacial score (nSPS) is 17.5. The maximum atomic E-state index is 13.8. The fourth-order valence-electron chi connectivity index (χ4n) is 2.59. The molecule has 1 aliphatic carbocycles. The second kappa shape index (κ2) is 5.98. The van der Waals surface area contributed by atoms with Crippen molar-refractivity contribution in [3.05, 3.63) is 29.3 Å². The van der Waals surface area contributed by atoms with Crippen LogP contribution in [0.25, 0.3) is 0 Å². The van der Waals surface area contributed by atoms with E-state index in [0.29, 0.717) is 0 Å². The van der Waals surface area contributed by atoms with Gasteiger partial charge in [-0.2, -0.15) is 0 Å². The van der Waals surface area contributed by atoms with E-state index in [2.05, 4.69) is 4.72 Å². The van der Waals surface area contributed by atoms with Gasteiger partial charge in [0.1, 0.15) is 4.90 Å². The summed E-state index contributed by atoms with van der Waals surface area (Å²) < 4.78 is 54.1.